The van der Waals surface area contributed by atoms with Crippen molar-refractivity contribution in [3.05, 3.63) is 35.0 Å². The van der Waals surface area contributed by atoms with Crippen LogP contribution >= 0.6 is 11.6 Å². The highest BCUT2D eigenvalue weighted by atomic mass is 35.5. The Morgan fingerprint density at radius 3 is 2.72 bits per heavy atom. The van der Waals surface area contributed by atoms with Gasteiger partial charge >= 0.3 is 0 Å². The van der Waals surface area contributed by atoms with Gasteiger partial charge in [-0.15, -0.1) is 0 Å². The van der Waals surface area contributed by atoms with E-state index < -0.39 is 0 Å². The molecule has 18 heavy (non-hydrogen) atoms. The van der Waals surface area contributed by atoms with Crippen LogP contribution in [0.25, 0.3) is 10.9 Å². The molecule has 3 N–H and O–H groups in total. The third-order valence-electron chi connectivity index (χ3n) is 3.71. The monoisotopic (exact) mass is 261 g/mol. The van der Waals surface area contributed by atoms with E-state index in [1.807, 2.05) is 18.2 Å². The molecule has 1 saturated carbocycles. The predicted molar refractivity (Wildman–Crippen MR) is 75.8 cm³/mol. The van der Waals surface area contributed by atoms with Crippen molar-refractivity contribution in [2.24, 2.45) is 5.84 Å². The summed E-state index contributed by atoms with van der Waals surface area (Å²) in [5, 5.41) is 1.79. The fraction of sp³-hybridized carbons (Fsp3) is 0.357. The molecule has 0 spiro atoms. The average Bonchev–Trinajstić information content (AvgIpc) is 2.90. The minimum absolute atomic E-state index is 0.527. The molecule has 94 valence electrons. The second-order valence-corrected chi connectivity index (χ2v) is 5.32. The van der Waals surface area contributed by atoms with E-state index in [1.54, 1.807) is 0 Å². The summed E-state index contributed by atoms with van der Waals surface area (Å²) in [5.74, 6) is 6.15. The molecule has 0 aliphatic heterocycles. The molecule has 1 aromatic carbocycles. The van der Waals surface area contributed by atoms with Crippen LogP contribution in [0.1, 0.15) is 37.3 Å². The van der Waals surface area contributed by atoms with Gasteiger partial charge in [0.1, 0.15) is 0 Å². The maximum atomic E-state index is 6.02. The number of nitrogens with zero attached hydrogens (tertiary/aromatic N) is 1. The number of nitrogens with one attached hydrogen (secondary N) is 1. The molecule has 0 radical (unpaired) electrons. The zero-order chi connectivity index (χ0) is 12.5. The first kappa shape index (κ1) is 11.8. The second-order valence-electron chi connectivity index (χ2n) is 4.88. The van der Waals surface area contributed by atoms with Crippen LogP contribution < -0.4 is 11.3 Å². The van der Waals surface area contributed by atoms with Gasteiger partial charge in [-0.2, -0.15) is 0 Å². The number of nitrogens with two attached hydrogens (primary N) is 1. The van der Waals surface area contributed by atoms with Crippen molar-refractivity contribution in [1.82, 2.24) is 4.98 Å². The molecule has 1 heterocycles. The van der Waals surface area contributed by atoms with Crippen molar-refractivity contribution in [3.8, 4) is 0 Å². The number of aromatic nitrogens is 1. The van der Waals surface area contributed by atoms with Crippen molar-refractivity contribution in [3.63, 3.8) is 0 Å². The van der Waals surface area contributed by atoms with Gasteiger partial charge in [0.15, 0.2) is 0 Å². The fourth-order valence-electron chi connectivity index (χ4n) is 2.78. The van der Waals surface area contributed by atoms with Gasteiger partial charge in [0.25, 0.3) is 0 Å². The molecule has 1 fully saturated rings. The molecule has 0 atom stereocenters. The lowest BCUT2D eigenvalue weighted by Crippen LogP contribution is -2.12. The maximum absolute atomic E-state index is 6.02. The SMILES string of the molecule is NNc1cc2ccc(Cl)cc2nc1C1CCCC1. The molecule has 3 rings (SSSR count). The zero-order valence-electron chi connectivity index (χ0n) is 10.1. The van der Waals surface area contributed by atoms with Gasteiger partial charge in [0.05, 0.1) is 16.9 Å². The summed E-state index contributed by atoms with van der Waals surface area (Å²) in [5.41, 5.74) is 5.76. The molecule has 4 heteroatoms. The number of benzene rings is 1. The third kappa shape index (κ3) is 2.04. The number of hydrazine groups is 1. The van der Waals surface area contributed by atoms with E-state index in [0.29, 0.717) is 5.92 Å². The van der Waals surface area contributed by atoms with Crippen LogP contribution in [-0.2, 0) is 0 Å². The Hall–Kier alpha value is -1.32. The topological polar surface area (TPSA) is 50.9 Å². The van der Waals surface area contributed by atoms with Crippen LogP contribution in [0.4, 0.5) is 5.69 Å². The van der Waals surface area contributed by atoms with Crippen LogP contribution in [0.2, 0.25) is 5.02 Å². The van der Waals surface area contributed by atoms with Crippen molar-refractivity contribution in [2.75, 3.05) is 5.43 Å². The van der Waals surface area contributed by atoms with Crippen LogP contribution in [0, 0.1) is 0 Å². The molecular weight excluding hydrogens is 246 g/mol. The molecule has 1 aliphatic carbocycles. The normalized spacial score (nSPS) is 16.3. The summed E-state index contributed by atoms with van der Waals surface area (Å²) in [6.45, 7) is 0. The highest BCUT2D eigenvalue weighted by Gasteiger charge is 2.21. The molecule has 3 nitrogen and oxygen atoms in total. The third-order valence-corrected chi connectivity index (χ3v) is 3.94. The van der Waals surface area contributed by atoms with Crippen LogP contribution in [-0.4, -0.2) is 4.98 Å². The summed E-state index contributed by atoms with van der Waals surface area (Å²) in [6, 6.07) is 7.83. The lowest BCUT2D eigenvalue weighted by molar-refractivity contribution is 0.702. The van der Waals surface area contributed by atoms with Gasteiger partial charge in [-0.1, -0.05) is 30.5 Å². The molecule has 0 unspecified atom stereocenters. The van der Waals surface area contributed by atoms with E-state index in [2.05, 4.69) is 11.5 Å². The number of hydrogen-bond donors (Lipinski definition) is 2. The summed E-state index contributed by atoms with van der Waals surface area (Å²) >= 11 is 6.02. The number of halogens is 1. The summed E-state index contributed by atoms with van der Waals surface area (Å²) in [7, 11) is 0. The van der Waals surface area contributed by atoms with E-state index in [1.165, 1.54) is 25.7 Å². The first-order chi connectivity index (χ1) is 8.78. The van der Waals surface area contributed by atoms with E-state index >= 15 is 0 Å². The van der Waals surface area contributed by atoms with E-state index in [9.17, 15) is 0 Å². The fourth-order valence-corrected chi connectivity index (χ4v) is 2.95. The Balaban J connectivity index is 2.15. The van der Waals surface area contributed by atoms with Gasteiger partial charge < -0.3 is 5.43 Å². The van der Waals surface area contributed by atoms with Crippen LogP contribution in [0.15, 0.2) is 24.3 Å². The average molecular weight is 262 g/mol. The standard InChI is InChI=1S/C14H16ClN3/c15-11-6-5-10-7-13(18-16)14(17-12(10)8-11)9-3-1-2-4-9/h5-9,18H,1-4,16H2. The van der Waals surface area contributed by atoms with Gasteiger partial charge in [0.2, 0.25) is 0 Å². The van der Waals surface area contributed by atoms with Gasteiger partial charge in [-0.25, -0.2) is 0 Å². The number of rotatable bonds is 2. The van der Waals surface area contributed by atoms with Gasteiger partial charge in [-0.05, 0) is 31.0 Å². The highest BCUT2D eigenvalue weighted by Crippen LogP contribution is 2.37. The quantitative estimate of drug-likeness (QED) is 0.638. The summed E-state index contributed by atoms with van der Waals surface area (Å²) in [4.78, 5) is 4.76. The molecule has 0 amide bonds. The largest absolute Gasteiger partial charge is 0.322 e. The van der Waals surface area contributed by atoms with E-state index in [0.717, 1.165) is 27.3 Å². The zero-order valence-corrected chi connectivity index (χ0v) is 10.9. The van der Waals surface area contributed by atoms with Crippen molar-refractivity contribution in [1.29, 1.82) is 0 Å². The lowest BCUT2D eigenvalue weighted by Gasteiger charge is -2.15. The van der Waals surface area contributed by atoms with Crippen LogP contribution in [0.5, 0.6) is 0 Å². The Bertz CT molecular complexity index is 577. The molecule has 0 saturated heterocycles. The summed E-state index contributed by atoms with van der Waals surface area (Å²) < 4.78 is 0. The molecule has 0 bridgehead atoms. The van der Waals surface area contributed by atoms with Gasteiger partial charge in [-0.3, -0.25) is 10.8 Å². The Morgan fingerprint density at radius 2 is 2.00 bits per heavy atom. The molecule has 1 aliphatic rings. The van der Waals surface area contributed by atoms with Crippen molar-refractivity contribution in [2.45, 2.75) is 31.6 Å². The van der Waals surface area contributed by atoms with Crippen molar-refractivity contribution < 1.29 is 0 Å². The minimum atomic E-state index is 0.527. The number of anilines is 1. The summed E-state index contributed by atoms with van der Waals surface area (Å²) in [6.07, 6.45) is 4.97. The Morgan fingerprint density at radius 1 is 1.22 bits per heavy atom. The number of hydrogen-bond acceptors (Lipinski definition) is 3. The Kier molecular flexibility index (Phi) is 3.10. The number of fused-ring (bicyclic) bond motifs is 1. The maximum Gasteiger partial charge on any atom is 0.0721 e. The lowest BCUT2D eigenvalue weighted by atomic mass is 10.0. The smallest absolute Gasteiger partial charge is 0.0721 e. The first-order valence-corrected chi connectivity index (χ1v) is 6.72. The first-order valence-electron chi connectivity index (χ1n) is 6.35. The minimum Gasteiger partial charge on any atom is -0.322 e. The number of nitrogen functional groups attached to an aromatic ring is 1. The highest BCUT2D eigenvalue weighted by molar-refractivity contribution is 6.31. The predicted octanol–water partition coefficient (Wildman–Crippen LogP) is 3.83. The van der Waals surface area contributed by atoms with E-state index in [4.69, 9.17) is 22.4 Å². The second kappa shape index (κ2) is 4.75. The van der Waals surface area contributed by atoms with Gasteiger partial charge in [0, 0.05) is 16.3 Å². The van der Waals surface area contributed by atoms with E-state index in [-0.39, 0.29) is 0 Å². The molecule has 1 aromatic heterocycles. The van der Waals surface area contributed by atoms with Crippen LogP contribution in [0.3, 0.4) is 0 Å². The molecular formula is C14H16ClN3. The number of pyridine rings is 1. The Labute approximate surface area is 111 Å². The molecule has 2 aromatic rings. The van der Waals surface area contributed by atoms with Crippen molar-refractivity contribution >= 4 is 28.2 Å².